The van der Waals surface area contributed by atoms with Crippen molar-refractivity contribution in [2.75, 3.05) is 13.7 Å². The van der Waals surface area contributed by atoms with E-state index in [4.69, 9.17) is 9.47 Å². The average Bonchev–Trinajstić information content (AvgIpc) is 2.68. The molecule has 2 aromatic rings. The van der Waals surface area contributed by atoms with Gasteiger partial charge >= 0.3 is 5.97 Å². The standard InChI is InChI=1S/C23H29NO3/c1-17(2)27-23(25)21-9-5-4-8-19(21)16-24-15-7-6-10-22(24)18-11-13-20(26-3)14-12-18/h4-5,8-9,11-14,17,22H,6-7,10,15-16H2,1-3H3. The number of carbonyl (C=O) groups excluding carboxylic acids is 1. The summed E-state index contributed by atoms with van der Waals surface area (Å²) in [6.45, 7) is 5.54. The summed E-state index contributed by atoms with van der Waals surface area (Å²) in [6, 6.07) is 16.5. The molecule has 1 aliphatic rings. The zero-order chi connectivity index (χ0) is 19.2. The van der Waals surface area contributed by atoms with Crippen molar-refractivity contribution in [3.8, 4) is 5.75 Å². The number of piperidine rings is 1. The van der Waals surface area contributed by atoms with E-state index in [0.29, 0.717) is 11.6 Å². The number of rotatable bonds is 6. The largest absolute Gasteiger partial charge is 0.497 e. The summed E-state index contributed by atoms with van der Waals surface area (Å²) >= 11 is 0. The van der Waals surface area contributed by atoms with Crippen LogP contribution in [-0.4, -0.2) is 30.6 Å². The smallest absolute Gasteiger partial charge is 0.338 e. The van der Waals surface area contributed by atoms with Gasteiger partial charge in [0.15, 0.2) is 0 Å². The number of esters is 1. The van der Waals surface area contributed by atoms with Crippen molar-refractivity contribution in [1.29, 1.82) is 0 Å². The van der Waals surface area contributed by atoms with Crippen LogP contribution in [0.15, 0.2) is 48.5 Å². The predicted octanol–water partition coefficient (Wildman–Crippen LogP) is 4.99. The monoisotopic (exact) mass is 367 g/mol. The summed E-state index contributed by atoms with van der Waals surface area (Å²) in [6.07, 6.45) is 3.42. The van der Waals surface area contributed by atoms with E-state index < -0.39 is 0 Å². The van der Waals surface area contributed by atoms with Crippen LogP contribution in [0, 0.1) is 0 Å². The average molecular weight is 367 g/mol. The number of carbonyl (C=O) groups is 1. The Hall–Kier alpha value is -2.33. The van der Waals surface area contributed by atoms with Gasteiger partial charge in [-0.25, -0.2) is 4.79 Å². The molecule has 4 nitrogen and oxygen atoms in total. The number of methoxy groups -OCH3 is 1. The topological polar surface area (TPSA) is 38.8 Å². The van der Waals surface area contributed by atoms with Crippen molar-refractivity contribution in [3.63, 3.8) is 0 Å². The van der Waals surface area contributed by atoms with Crippen LogP contribution in [-0.2, 0) is 11.3 Å². The zero-order valence-corrected chi connectivity index (χ0v) is 16.5. The molecule has 144 valence electrons. The highest BCUT2D eigenvalue weighted by atomic mass is 16.5. The van der Waals surface area contributed by atoms with Gasteiger partial charge in [-0.3, -0.25) is 4.90 Å². The first kappa shape index (κ1) is 19.4. The lowest BCUT2D eigenvalue weighted by Gasteiger charge is -2.36. The van der Waals surface area contributed by atoms with Gasteiger partial charge in [0.05, 0.1) is 18.8 Å². The molecule has 0 saturated carbocycles. The van der Waals surface area contributed by atoms with Gasteiger partial charge in [0, 0.05) is 12.6 Å². The Morgan fingerprint density at radius 3 is 2.56 bits per heavy atom. The van der Waals surface area contributed by atoms with Crippen LogP contribution < -0.4 is 4.74 Å². The quantitative estimate of drug-likeness (QED) is 0.675. The summed E-state index contributed by atoms with van der Waals surface area (Å²) in [4.78, 5) is 15.0. The number of nitrogens with zero attached hydrogens (tertiary/aromatic N) is 1. The van der Waals surface area contributed by atoms with Gasteiger partial charge in [-0.1, -0.05) is 36.8 Å². The molecule has 1 atom stereocenters. The van der Waals surface area contributed by atoms with E-state index in [1.165, 1.54) is 18.4 Å². The summed E-state index contributed by atoms with van der Waals surface area (Å²) < 4.78 is 10.7. The van der Waals surface area contributed by atoms with E-state index in [2.05, 4.69) is 17.0 Å². The molecule has 0 aromatic heterocycles. The first-order chi connectivity index (χ1) is 13.1. The lowest BCUT2D eigenvalue weighted by Crippen LogP contribution is -2.33. The van der Waals surface area contributed by atoms with Crippen LogP contribution in [0.1, 0.15) is 60.6 Å². The van der Waals surface area contributed by atoms with Gasteiger partial charge in [0.25, 0.3) is 0 Å². The Kier molecular flexibility index (Phi) is 6.51. The Labute approximate surface area is 162 Å². The second-order valence-electron chi connectivity index (χ2n) is 7.37. The second-order valence-corrected chi connectivity index (χ2v) is 7.37. The highest BCUT2D eigenvalue weighted by Gasteiger charge is 2.25. The van der Waals surface area contributed by atoms with Gasteiger partial charge in [0.1, 0.15) is 5.75 Å². The molecule has 0 N–H and O–H groups in total. The molecule has 1 saturated heterocycles. The normalized spacial score (nSPS) is 17.7. The molecule has 1 unspecified atom stereocenters. The fraction of sp³-hybridized carbons (Fsp3) is 0.435. The Morgan fingerprint density at radius 1 is 1.11 bits per heavy atom. The van der Waals surface area contributed by atoms with Crippen molar-refractivity contribution >= 4 is 5.97 Å². The number of hydrogen-bond donors (Lipinski definition) is 0. The highest BCUT2D eigenvalue weighted by Crippen LogP contribution is 2.33. The van der Waals surface area contributed by atoms with Gasteiger partial charge in [-0.2, -0.15) is 0 Å². The van der Waals surface area contributed by atoms with E-state index >= 15 is 0 Å². The van der Waals surface area contributed by atoms with E-state index in [1.54, 1.807) is 7.11 Å². The third-order valence-corrected chi connectivity index (χ3v) is 5.07. The molecule has 27 heavy (non-hydrogen) atoms. The van der Waals surface area contributed by atoms with Crippen molar-refractivity contribution in [2.45, 2.75) is 51.8 Å². The van der Waals surface area contributed by atoms with Gasteiger partial charge in [-0.05, 0) is 62.6 Å². The van der Waals surface area contributed by atoms with Gasteiger partial charge in [0.2, 0.25) is 0 Å². The fourth-order valence-corrected chi connectivity index (χ4v) is 3.74. The van der Waals surface area contributed by atoms with E-state index in [0.717, 1.165) is 30.8 Å². The molecule has 0 bridgehead atoms. The first-order valence-electron chi connectivity index (χ1n) is 9.75. The molecule has 0 amide bonds. The molecule has 3 rings (SSSR count). The van der Waals surface area contributed by atoms with Crippen molar-refractivity contribution < 1.29 is 14.3 Å². The van der Waals surface area contributed by atoms with E-state index in [9.17, 15) is 4.79 Å². The van der Waals surface area contributed by atoms with Crippen LogP contribution >= 0.6 is 0 Å². The number of likely N-dealkylation sites (tertiary alicyclic amines) is 1. The zero-order valence-electron chi connectivity index (χ0n) is 16.5. The molecule has 2 aromatic carbocycles. The second kappa shape index (κ2) is 9.05. The molecule has 0 radical (unpaired) electrons. The van der Waals surface area contributed by atoms with Crippen LogP contribution in [0.25, 0.3) is 0 Å². The van der Waals surface area contributed by atoms with Crippen LogP contribution in [0.4, 0.5) is 0 Å². The lowest BCUT2D eigenvalue weighted by molar-refractivity contribution is 0.0374. The fourth-order valence-electron chi connectivity index (χ4n) is 3.74. The Morgan fingerprint density at radius 2 is 1.85 bits per heavy atom. The van der Waals surface area contributed by atoms with Crippen LogP contribution in [0.5, 0.6) is 5.75 Å². The molecule has 1 fully saturated rings. The SMILES string of the molecule is COc1ccc(C2CCCCN2Cc2ccccc2C(=O)OC(C)C)cc1. The molecule has 1 heterocycles. The molecular formula is C23H29NO3. The summed E-state index contributed by atoms with van der Waals surface area (Å²) in [5, 5.41) is 0. The highest BCUT2D eigenvalue weighted by molar-refractivity contribution is 5.91. The summed E-state index contributed by atoms with van der Waals surface area (Å²) in [5.74, 6) is 0.640. The summed E-state index contributed by atoms with van der Waals surface area (Å²) in [5.41, 5.74) is 3.01. The number of hydrogen-bond acceptors (Lipinski definition) is 4. The van der Waals surface area contributed by atoms with Gasteiger partial charge in [-0.15, -0.1) is 0 Å². The van der Waals surface area contributed by atoms with Crippen molar-refractivity contribution in [3.05, 3.63) is 65.2 Å². The maximum atomic E-state index is 12.5. The lowest BCUT2D eigenvalue weighted by atomic mass is 9.94. The van der Waals surface area contributed by atoms with Crippen molar-refractivity contribution in [2.24, 2.45) is 0 Å². The summed E-state index contributed by atoms with van der Waals surface area (Å²) in [7, 11) is 1.69. The Bertz CT molecular complexity index is 754. The van der Waals surface area contributed by atoms with Crippen LogP contribution in [0.3, 0.4) is 0 Å². The minimum atomic E-state index is -0.237. The third kappa shape index (κ3) is 4.89. The molecule has 4 heteroatoms. The van der Waals surface area contributed by atoms with E-state index in [-0.39, 0.29) is 12.1 Å². The van der Waals surface area contributed by atoms with E-state index in [1.807, 2.05) is 50.2 Å². The minimum Gasteiger partial charge on any atom is -0.497 e. The molecule has 1 aliphatic heterocycles. The first-order valence-corrected chi connectivity index (χ1v) is 9.75. The predicted molar refractivity (Wildman–Crippen MR) is 107 cm³/mol. The number of ether oxygens (including phenoxy) is 2. The van der Waals surface area contributed by atoms with Crippen molar-refractivity contribution in [1.82, 2.24) is 4.90 Å². The minimum absolute atomic E-state index is 0.118. The maximum Gasteiger partial charge on any atom is 0.338 e. The Balaban J connectivity index is 1.81. The maximum absolute atomic E-state index is 12.5. The number of benzene rings is 2. The van der Waals surface area contributed by atoms with Gasteiger partial charge < -0.3 is 9.47 Å². The molecule has 0 spiro atoms. The van der Waals surface area contributed by atoms with Crippen LogP contribution in [0.2, 0.25) is 0 Å². The molecular weight excluding hydrogens is 338 g/mol. The third-order valence-electron chi connectivity index (χ3n) is 5.07. The molecule has 0 aliphatic carbocycles.